The zero-order valence-electron chi connectivity index (χ0n) is 14.6. The van der Waals surface area contributed by atoms with Crippen molar-refractivity contribution in [2.75, 3.05) is 39.8 Å². The molecule has 0 aromatic heterocycles. The molecule has 23 heavy (non-hydrogen) atoms. The Morgan fingerprint density at radius 2 is 1.96 bits per heavy atom. The molecular weight excluding hydrogens is 292 g/mol. The molecule has 5 nitrogen and oxygen atoms in total. The number of carbonyl (C=O) groups is 1. The number of nitrogens with zero attached hydrogens (tertiary/aromatic N) is 2. The van der Waals surface area contributed by atoms with E-state index in [1.807, 2.05) is 61.9 Å². The molecule has 5 heteroatoms. The van der Waals surface area contributed by atoms with Crippen molar-refractivity contribution < 1.29 is 14.3 Å². The molecule has 0 N–H and O–H groups in total. The predicted octanol–water partition coefficient (Wildman–Crippen LogP) is 1.94. The van der Waals surface area contributed by atoms with Gasteiger partial charge in [-0.05, 0) is 39.4 Å². The first-order valence-corrected chi connectivity index (χ1v) is 8.26. The van der Waals surface area contributed by atoms with E-state index in [1.54, 1.807) is 0 Å². The quantitative estimate of drug-likeness (QED) is 0.803. The van der Waals surface area contributed by atoms with Crippen molar-refractivity contribution in [2.24, 2.45) is 0 Å². The number of likely N-dealkylation sites (N-methyl/N-ethyl adjacent to an activating group) is 1. The van der Waals surface area contributed by atoms with Gasteiger partial charge in [-0.1, -0.05) is 18.2 Å². The number of rotatable bonds is 6. The summed E-state index contributed by atoms with van der Waals surface area (Å²) in [5.74, 6) is 1.06. The number of hydrogen-bond donors (Lipinski definition) is 0. The zero-order valence-corrected chi connectivity index (χ0v) is 14.6. The summed E-state index contributed by atoms with van der Waals surface area (Å²) in [6.45, 7) is 9.11. The SMILES string of the molecule is Cc1ccccc1OCCN(C)CC(=O)N1CC(C)OC(C)C1. The molecule has 1 aliphatic rings. The van der Waals surface area contributed by atoms with Crippen molar-refractivity contribution in [2.45, 2.75) is 33.0 Å². The summed E-state index contributed by atoms with van der Waals surface area (Å²) in [4.78, 5) is 16.3. The smallest absolute Gasteiger partial charge is 0.236 e. The lowest BCUT2D eigenvalue weighted by Gasteiger charge is -2.36. The van der Waals surface area contributed by atoms with Crippen LogP contribution in [0.3, 0.4) is 0 Å². The van der Waals surface area contributed by atoms with Crippen LogP contribution in [0.5, 0.6) is 5.75 Å². The second-order valence-corrected chi connectivity index (χ2v) is 6.41. The lowest BCUT2D eigenvalue weighted by atomic mass is 10.2. The molecule has 128 valence electrons. The van der Waals surface area contributed by atoms with E-state index in [2.05, 4.69) is 0 Å². The fourth-order valence-electron chi connectivity index (χ4n) is 2.82. The van der Waals surface area contributed by atoms with Gasteiger partial charge in [-0.2, -0.15) is 0 Å². The van der Waals surface area contributed by atoms with Crippen molar-refractivity contribution in [3.05, 3.63) is 29.8 Å². The third kappa shape index (κ3) is 5.52. The van der Waals surface area contributed by atoms with Crippen LogP contribution in [-0.4, -0.2) is 67.7 Å². The second-order valence-electron chi connectivity index (χ2n) is 6.41. The van der Waals surface area contributed by atoms with Gasteiger partial charge in [0.25, 0.3) is 0 Å². The molecule has 0 radical (unpaired) electrons. The van der Waals surface area contributed by atoms with Crippen molar-refractivity contribution in [3.8, 4) is 5.75 Å². The maximum Gasteiger partial charge on any atom is 0.236 e. The average molecular weight is 320 g/mol. The fourth-order valence-corrected chi connectivity index (χ4v) is 2.82. The van der Waals surface area contributed by atoms with Crippen LogP contribution in [0.25, 0.3) is 0 Å². The van der Waals surface area contributed by atoms with Crippen LogP contribution in [-0.2, 0) is 9.53 Å². The zero-order chi connectivity index (χ0) is 16.8. The monoisotopic (exact) mass is 320 g/mol. The number of benzene rings is 1. The molecule has 2 unspecified atom stereocenters. The molecule has 1 aliphatic heterocycles. The third-order valence-corrected chi connectivity index (χ3v) is 4.00. The Bertz CT molecular complexity index is 511. The Morgan fingerprint density at radius 3 is 2.61 bits per heavy atom. The van der Waals surface area contributed by atoms with Crippen molar-refractivity contribution >= 4 is 5.91 Å². The summed E-state index contributed by atoms with van der Waals surface area (Å²) in [6.07, 6.45) is 0.217. The van der Waals surface area contributed by atoms with Gasteiger partial charge in [0.05, 0.1) is 18.8 Å². The summed E-state index contributed by atoms with van der Waals surface area (Å²) in [7, 11) is 1.95. The maximum atomic E-state index is 12.4. The lowest BCUT2D eigenvalue weighted by Crippen LogP contribution is -2.50. The van der Waals surface area contributed by atoms with Gasteiger partial charge in [-0.25, -0.2) is 0 Å². The molecule has 2 rings (SSSR count). The minimum Gasteiger partial charge on any atom is -0.492 e. The normalized spacial score (nSPS) is 21.5. The third-order valence-electron chi connectivity index (χ3n) is 4.00. The van der Waals surface area contributed by atoms with E-state index in [4.69, 9.17) is 9.47 Å². The van der Waals surface area contributed by atoms with E-state index in [0.29, 0.717) is 26.2 Å². The van der Waals surface area contributed by atoms with Crippen LogP contribution < -0.4 is 4.74 Å². The van der Waals surface area contributed by atoms with Crippen LogP contribution in [0.2, 0.25) is 0 Å². The Balaban J connectivity index is 1.73. The van der Waals surface area contributed by atoms with E-state index in [0.717, 1.165) is 17.9 Å². The van der Waals surface area contributed by atoms with E-state index < -0.39 is 0 Å². The number of amides is 1. The molecule has 1 saturated heterocycles. The molecule has 0 aliphatic carbocycles. The maximum absolute atomic E-state index is 12.4. The Labute approximate surface area is 139 Å². The van der Waals surface area contributed by atoms with Gasteiger partial charge in [0, 0.05) is 19.6 Å². The topological polar surface area (TPSA) is 42.0 Å². The van der Waals surface area contributed by atoms with E-state index >= 15 is 0 Å². The molecule has 2 atom stereocenters. The number of carbonyl (C=O) groups excluding carboxylic acids is 1. The number of aryl methyl sites for hydroxylation is 1. The Hall–Kier alpha value is -1.59. The molecule has 1 amide bonds. The number of morpholine rings is 1. The van der Waals surface area contributed by atoms with E-state index in [9.17, 15) is 4.79 Å². The van der Waals surface area contributed by atoms with Crippen LogP contribution in [0.15, 0.2) is 24.3 Å². The first-order valence-electron chi connectivity index (χ1n) is 8.26. The average Bonchev–Trinajstić information content (AvgIpc) is 2.48. The molecule has 1 aromatic carbocycles. The van der Waals surface area contributed by atoms with Crippen LogP contribution in [0.4, 0.5) is 0 Å². The molecule has 1 fully saturated rings. The predicted molar refractivity (Wildman–Crippen MR) is 90.8 cm³/mol. The fraction of sp³-hybridized carbons (Fsp3) is 0.611. The minimum atomic E-state index is 0.109. The van der Waals surface area contributed by atoms with Crippen LogP contribution in [0, 0.1) is 6.92 Å². The second kappa shape index (κ2) is 8.31. The van der Waals surface area contributed by atoms with Gasteiger partial charge >= 0.3 is 0 Å². The molecule has 0 saturated carbocycles. The Morgan fingerprint density at radius 1 is 1.30 bits per heavy atom. The van der Waals surface area contributed by atoms with E-state index in [-0.39, 0.29) is 18.1 Å². The lowest BCUT2D eigenvalue weighted by molar-refractivity contribution is -0.144. The largest absolute Gasteiger partial charge is 0.492 e. The van der Waals surface area contributed by atoms with Crippen molar-refractivity contribution in [1.29, 1.82) is 0 Å². The first kappa shape index (κ1) is 17.8. The number of hydrogen-bond acceptors (Lipinski definition) is 4. The molecule has 1 aromatic rings. The summed E-state index contributed by atoms with van der Waals surface area (Å²) >= 11 is 0. The summed E-state index contributed by atoms with van der Waals surface area (Å²) in [6, 6.07) is 7.97. The Kier molecular flexibility index (Phi) is 6.42. The molecule has 0 spiro atoms. The number of ether oxygens (including phenoxy) is 2. The van der Waals surface area contributed by atoms with Crippen LogP contribution >= 0.6 is 0 Å². The van der Waals surface area contributed by atoms with Gasteiger partial charge in [0.15, 0.2) is 0 Å². The highest BCUT2D eigenvalue weighted by Gasteiger charge is 2.26. The van der Waals surface area contributed by atoms with Gasteiger partial charge in [-0.3, -0.25) is 9.69 Å². The summed E-state index contributed by atoms with van der Waals surface area (Å²) in [5, 5.41) is 0. The standard InChI is InChI=1S/C18H28N2O3/c1-14-7-5-6-8-17(14)22-10-9-19(4)13-18(21)20-11-15(2)23-16(3)12-20/h5-8,15-16H,9-13H2,1-4H3. The summed E-state index contributed by atoms with van der Waals surface area (Å²) in [5.41, 5.74) is 1.13. The highest BCUT2D eigenvalue weighted by atomic mass is 16.5. The van der Waals surface area contributed by atoms with Gasteiger partial charge in [-0.15, -0.1) is 0 Å². The van der Waals surface area contributed by atoms with E-state index in [1.165, 1.54) is 0 Å². The van der Waals surface area contributed by atoms with Crippen LogP contribution in [0.1, 0.15) is 19.4 Å². The van der Waals surface area contributed by atoms with Crippen molar-refractivity contribution in [3.63, 3.8) is 0 Å². The van der Waals surface area contributed by atoms with Gasteiger partial charge < -0.3 is 14.4 Å². The van der Waals surface area contributed by atoms with Gasteiger partial charge in [0.1, 0.15) is 12.4 Å². The molecule has 0 bridgehead atoms. The highest BCUT2D eigenvalue weighted by Crippen LogP contribution is 2.16. The van der Waals surface area contributed by atoms with Gasteiger partial charge in [0.2, 0.25) is 5.91 Å². The summed E-state index contributed by atoms with van der Waals surface area (Å²) < 4.78 is 11.5. The molecule has 1 heterocycles. The molecular formula is C18H28N2O3. The number of para-hydroxylation sites is 1. The van der Waals surface area contributed by atoms with Crippen molar-refractivity contribution in [1.82, 2.24) is 9.80 Å². The highest BCUT2D eigenvalue weighted by molar-refractivity contribution is 5.78. The minimum absolute atomic E-state index is 0.109. The first-order chi connectivity index (χ1) is 11.0.